The predicted molar refractivity (Wildman–Crippen MR) is 159 cm³/mol. The number of methoxy groups -OCH3 is 1. The van der Waals surface area contributed by atoms with Crippen LogP contribution >= 0.6 is 0 Å². The quantitative estimate of drug-likeness (QED) is 0.304. The zero-order valence-electron chi connectivity index (χ0n) is 23.9. The van der Waals surface area contributed by atoms with Gasteiger partial charge in [0.1, 0.15) is 5.75 Å². The number of ether oxygens (including phenoxy) is 2. The van der Waals surface area contributed by atoms with Crippen LogP contribution in [0.4, 0.5) is 0 Å². The standard InChI is InChI=1S/C33H45N3O4/c1-39-27-10-11-29-28(22-27)32(26(23-35-29)24-36-18-20-40-21-19-36)30(37)12-13-33(14-16-34-17-15-33)31(38)9-5-8-25-6-3-2-4-7-25/h2-4,6-7,10-11,22-23,30-31,34,37-38H,5,8-9,12-21,24H2,1H3/t30-,31+/m1/s1. The van der Waals surface area contributed by atoms with E-state index >= 15 is 0 Å². The Morgan fingerprint density at radius 2 is 1.82 bits per heavy atom. The molecular weight excluding hydrogens is 502 g/mol. The van der Waals surface area contributed by atoms with Crippen LogP contribution in [-0.2, 0) is 17.7 Å². The molecule has 3 heterocycles. The second kappa shape index (κ2) is 13.9. The average molecular weight is 548 g/mol. The fourth-order valence-corrected chi connectivity index (χ4v) is 6.57. The van der Waals surface area contributed by atoms with E-state index in [2.05, 4.69) is 34.5 Å². The fourth-order valence-electron chi connectivity index (χ4n) is 6.57. The molecule has 5 rings (SSSR count). The van der Waals surface area contributed by atoms with E-state index in [0.717, 1.165) is 112 Å². The number of nitrogens with one attached hydrogen (secondary N) is 1. The summed E-state index contributed by atoms with van der Waals surface area (Å²) in [5.74, 6) is 0.759. The number of aromatic nitrogens is 1. The van der Waals surface area contributed by atoms with Crippen LogP contribution < -0.4 is 10.1 Å². The van der Waals surface area contributed by atoms with Gasteiger partial charge in [-0.25, -0.2) is 0 Å². The summed E-state index contributed by atoms with van der Waals surface area (Å²) in [5.41, 5.74) is 3.99. The normalized spacial score (nSPS) is 19.4. The number of aryl methyl sites for hydroxylation is 1. The van der Waals surface area contributed by atoms with Crippen molar-refractivity contribution in [3.63, 3.8) is 0 Å². The maximum atomic E-state index is 11.8. The van der Waals surface area contributed by atoms with Crippen LogP contribution in [0.1, 0.15) is 61.3 Å². The van der Waals surface area contributed by atoms with Gasteiger partial charge < -0.3 is 25.0 Å². The summed E-state index contributed by atoms with van der Waals surface area (Å²) in [6, 6.07) is 16.4. The molecule has 2 fully saturated rings. The topological polar surface area (TPSA) is 87.1 Å². The number of fused-ring (bicyclic) bond motifs is 1. The highest BCUT2D eigenvalue weighted by molar-refractivity contribution is 5.85. The minimum absolute atomic E-state index is 0.187. The molecule has 3 N–H and O–H groups in total. The van der Waals surface area contributed by atoms with E-state index < -0.39 is 6.10 Å². The van der Waals surface area contributed by atoms with E-state index in [-0.39, 0.29) is 11.5 Å². The van der Waals surface area contributed by atoms with Crippen LogP contribution in [-0.4, -0.2) is 72.7 Å². The molecule has 0 bridgehead atoms. The number of morpholine rings is 1. The molecule has 2 aliphatic rings. The second-order valence-electron chi connectivity index (χ2n) is 11.5. The van der Waals surface area contributed by atoms with Crippen molar-refractivity contribution in [2.24, 2.45) is 5.41 Å². The Balaban J connectivity index is 1.34. The van der Waals surface area contributed by atoms with Crippen LogP contribution in [0.3, 0.4) is 0 Å². The van der Waals surface area contributed by atoms with Crippen molar-refractivity contribution in [2.75, 3.05) is 46.5 Å². The number of hydrogen-bond donors (Lipinski definition) is 3. The van der Waals surface area contributed by atoms with E-state index in [1.165, 1.54) is 5.56 Å². The molecule has 2 saturated heterocycles. The second-order valence-corrected chi connectivity index (χ2v) is 11.5. The largest absolute Gasteiger partial charge is 0.497 e. The molecule has 216 valence electrons. The Morgan fingerprint density at radius 3 is 2.58 bits per heavy atom. The van der Waals surface area contributed by atoms with E-state index in [0.29, 0.717) is 6.42 Å². The molecule has 2 aliphatic heterocycles. The molecule has 0 radical (unpaired) electrons. The zero-order chi connectivity index (χ0) is 27.8. The molecule has 0 spiro atoms. The summed E-state index contributed by atoms with van der Waals surface area (Å²) < 4.78 is 11.1. The first kappa shape index (κ1) is 29.0. The molecule has 1 aromatic heterocycles. The van der Waals surface area contributed by atoms with Crippen LogP contribution in [0.15, 0.2) is 54.7 Å². The van der Waals surface area contributed by atoms with Gasteiger partial charge in [0.15, 0.2) is 0 Å². The highest BCUT2D eigenvalue weighted by Gasteiger charge is 2.39. The van der Waals surface area contributed by atoms with Gasteiger partial charge in [0.05, 0.1) is 38.0 Å². The Kier molecular flexibility index (Phi) is 10.0. The first-order chi connectivity index (χ1) is 19.6. The number of piperidine rings is 1. The lowest BCUT2D eigenvalue weighted by molar-refractivity contribution is -0.0210. The third-order valence-electron chi connectivity index (χ3n) is 9.04. The molecule has 7 heteroatoms. The van der Waals surface area contributed by atoms with Gasteiger partial charge in [0, 0.05) is 31.2 Å². The van der Waals surface area contributed by atoms with E-state index in [4.69, 9.17) is 14.5 Å². The molecule has 7 nitrogen and oxygen atoms in total. The van der Waals surface area contributed by atoms with Crippen LogP contribution in [0.25, 0.3) is 10.9 Å². The number of rotatable bonds is 12. The Bertz CT molecular complexity index is 1210. The minimum Gasteiger partial charge on any atom is -0.497 e. The highest BCUT2D eigenvalue weighted by Crippen LogP contribution is 2.42. The van der Waals surface area contributed by atoms with E-state index in [9.17, 15) is 10.2 Å². The first-order valence-electron chi connectivity index (χ1n) is 14.9. The SMILES string of the molecule is COc1ccc2ncc(CN3CCOCC3)c([C@H](O)CCC3([C@@H](O)CCCc4ccccc4)CCNCC3)c2c1. The Labute approximate surface area is 238 Å². The van der Waals surface area contributed by atoms with Crippen molar-refractivity contribution in [2.45, 2.75) is 63.7 Å². The van der Waals surface area contributed by atoms with Gasteiger partial charge in [-0.3, -0.25) is 9.88 Å². The molecule has 2 aromatic carbocycles. The number of pyridine rings is 1. The molecule has 0 amide bonds. The lowest BCUT2D eigenvalue weighted by atomic mass is 9.69. The van der Waals surface area contributed by atoms with Crippen molar-refractivity contribution < 1.29 is 19.7 Å². The third kappa shape index (κ3) is 7.01. The Hall–Kier alpha value is -2.55. The lowest BCUT2D eigenvalue weighted by Crippen LogP contribution is -2.44. The molecule has 3 aromatic rings. The van der Waals surface area contributed by atoms with Gasteiger partial charge in [-0.05, 0) is 98.3 Å². The smallest absolute Gasteiger partial charge is 0.119 e. The van der Waals surface area contributed by atoms with Gasteiger partial charge in [0.25, 0.3) is 0 Å². The summed E-state index contributed by atoms with van der Waals surface area (Å²) in [6.07, 6.45) is 6.85. The summed E-state index contributed by atoms with van der Waals surface area (Å²) in [6.45, 7) is 5.74. The van der Waals surface area contributed by atoms with Crippen LogP contribution in [0, 0.1) is 5.41 Å². The molecule has 0 aliphatic carbocycles. The summed E-state index contributed by atoms with van der Waals surface area (Å²) >= 11 is 0. The van der Waals surface area contributed by atoms with Gasteiger partial charge >= 0.3 is 0 Å². The first-order valence-corrected chi connectivity index (χ1v) is 14.9. The van der Waals surface area contributed by atoms with Crippen molar-refractivity contribution >= 4 is 10.9 Å². The Morgan fingerprint density at radius 1 is 1.05 bits per heavy atom. The van der Waals surface area contributed by atoms with Crippen molar-refractivity contribution in [3.8, 4) is 5.75 Å². The van der Waals surface area contributed by atoms with E-state index in [1.54, 1.807) is 7.11 Å². The zero-order valence-corrected chi connectivity index (χ0v) is 23.9. The summed E-state index contributed by atoms with van der Waals surface area (Å²) in [7, 11) is 1.67. The maximum Gasteiger partial charge on any atom is 0.119 e. The number of nitrogens with zero attached hydrogens (tertiary/aromatic N) is 2. The predicted octanol–water partition coefficient (Wildman–Crippen LogP) is 4.64. The van der Waals surface area contributed by atoms with Crippen LogP contribution in [0.5, 0.6) is 5.75 Å². The molecule has 40 heavy (non-hydrogen) atoms. The maximum absolute atomic E-state index is 11.8. The highest BCUT2D eigenvalue weighted by atomic mass is 16.5. The number of aliphatic hydroxyl groups is 2. The van der Waals surface area contributed by atoms with Crippen molar-refractivity contribution in [1.29, 1.82) is 0 Å². The average Bonchev–Trinajstić information content (AvgIpc) is 3.01. The third-order valence-corrected chi connectivity index (χ3v) is 9.04. The molecule has 0 unspecified atom stereocenters. The van der Waals surface area contributed by atoms with Crippen LogP contribution in [0.2, 0.25) is 0 Å². The molecule has 0 saturated carbocycles. The monoisotopic (exact) mass is 547 g/mol. The van der Waals surface area contributed by atoms with Gasteiger partial charge in [0.2, 0.25) is 0 Å². The number of hydrogen-bond acceptors (Lipinski definition) is 7. The van der Waals surface area contributed by atoms with E-state index in [1.807, 2.05) is 30.5 Å². The van der Waals surface area contributed by atoms with Gasteiger partial charge in [-0.15, -0.1) is 0 Å². The number of aliphatic hydroxyl groups excluding tert-OH is 2. The minimum atomic E-state index is -0.656. The fraction of sp³-hybridized carbons (Fsp3) is 0.545. The lowest BCUT2D eigenvalue weighted by Gasteiger charge is -2.42. The van der Waals surface area contributed by atoms with Gasteiger partial charge in [-0.1, -0.05) is 30.3 Å². The van der Waals surface area contributed by atoms with Crippen molar-refractivity contribution in [3.05, 3.63) is 71.4 Å². The molecule has 2 atom stereocenters. The van der Waals surface area contributed by atoms with Gasteiger partial charge in [-0.2, -0.15) is 0 Å². The summed E-state index contributed by atoms with van der Waals surface area (Å²) in [4.78, 5) is 7.11. The number of benzene rings is 2. The summed E-state index contributed by atoms with van der Waals surface area (Å²) in [5, 5.41) is 27.8. The molecular formula is C33H45N3O4. The van der Waals surface area contributed by atoms with Crippen molar-refractivity contribution in [1.82, 2.24) is 15.2 Å².